The number of nitrogens with one attached hydrogen (secondary N) is 2. The predicted molar refractivity (Wildman–Crippen MR) is 80.8 cm³/mol. The number of carbonyl (C=O) groups excluding carboxylic acids is 1. The number of halogens is 1. The Morgan fingerprint density at radius 1 is 1.32 bits per heavy atom. The number of benzene rings is 1. The summed E-state index contributed by atoms with van der Waals surface area (Å²) >= 11 is 0. The summed E-state index contributed by atoms with van der Waals surface area (Å²) in [5.41, 5.74) is 0.545. The minimum Gasteiger partial charge on any atom is -0.468 e. The highest BCUT2D eigenvalue weighted by molar-refractivity contribution is 5.91. The molecule has 0 spiro atoms. The van der Waals surface area contributed by atoms with Crippen LogP contribution in [0.1, 0.15) is 25.1 Å². The highest BCUT2D eigenvalue weighted by Crippen LogP contribution is 2.14. The molecule has 118 valence electrons. The summed E-state index contributed by atoms with van der Waals surface area (Å²) < 4.78 is 18.0. The molecule has 2 aromatic rings. The second-order valence-corrected chi connectivity index (χ2v) is 5.08. The molecule has 2 unspecified atom stereocenters. The van der Waals surface area contributed by atoms with Crippen LogP contribution in [0, 0.1) is 5.82 Å². The Kier molecular flexibility index (Phi) is 5.68. The summed E-state index contributed by atoms with van der Waals surface area (Å²) in [5, 5.41) is 15.2. The molecule has 6 heteroatoms. The number of amides is 1. The molecule has 0 saturated heterocycles. The number of carbonyl (C=O) groups is 1. The molecule has 22 heavy (non-hydrogen) atoms. The molecule has 0 radical (unpaired) electrons. The molecule has 2 rings (SSSR count). The molecule has 1 aromatic carbocycles. The van der Waals surface area contributed by atoms with E-state index in [0.29, 0.717) is 11.4 Å². The van der Waals surface area contributed by atoms with Crippen molar-refractivity contribution in [3.63, 3.8) is 0 Å². The first-order chi connectivity index (χ1) is 10.6. The minimum atomic E-state index is -0.358. The smallest absolute Gasteiger partial charge is 0.225 e. The van der Waals surface area contributed by atoms with Crippen LogP contribution in [0.15, 0.2) is 47.1 Å². The van der Waals surface area contributed by atoms with Crippen molar-refractivity contribution < 1.29 is 18.7 Å². The van der Waals surface area contributed by atoms with E-state index in [2.05, 4.69) is 10.6 Å². The number of hydrogen-bond donors (Lipinski definition) is 3. The molecule has 2 atom stereocenters. The zero-order valence-corrected chi connectivity index (χ0v) is 12.3. The topological polar surface area (TPSA) is 74.5 Å². The van der Waals surface area contributed by atoms with Crippen molar-refractivity contribution in [2.45, 2.75) is 25.4 Å². The van der Waals surface area contributed by atoms with Gasteiger partial charge in [0.1, 0.15) is 11.6 Å². The first-order valence-corrected chi connectivity index (χ1v) is 7.04. The van der Waals surface area contributed by atoms with Crippen molar-refractivity contribution in [3.05, 3.63) is 54.2 Å². The molecule has 5 nitrogen and oxygen atoms in total. The van der Waals surface area contributed by atoms with Crippen LogP contribution in [0.4, 0.5) is 10.1 Å². The zero-order valence-electron chi connectivity index (χ0n) is 12.3. The lowest BCUT2D eigenvalue weighted by molar-refractivity contribution is -0.116. The summed E-state index contributed by atoms with van der Waals surface area (Å²) in [4.78, 5) is 11.9. The molecule has 0 saturated carbocycles. The quantitative estimate of drug-likeness (QED) is 0.734. The van der Waals surface area contributed by atoms with E-state index in [1.165, 1.54) is 30.5 Å². The lowest BCUT2D eigenvalue weighted by Gasteiger charge is -2.19. The van der Waals surface area contributed by atoms with E-state index in [-0.39, 0.29) is 36.8 Å². The second-order valence-electron chi connectivity index (χ2n) is 5.08. The van der Waals surface area contributed by atoms with Crippen molar-refractivity contribution in [2.24, 2.45) is 0 Å². The predicted octanol–water partition coefficient (Wildman–Crippen LogP) is 2.46. The Morgan fingerprint density at radius 3 is 2.64 bits per heavy atom. The van der Waals surface area contributed by atoms with Crippen LogP contribution in [-0.4, -0.2) is 23.7 Å². The summed E-state index contributed by atoms with van der Waals surface area (Å²) in [5.74, 6) is 0.0771. The van der Waals surface area contributed by atoms with E-state index in [1.807, 2.05) is 6.92 Å². The van der Waals surface area contributed by atoms with E-state index in [0.717, 1.165) is 0 Å². The van der Waals surface area contributed by atoms with Crippen LogP contribution in [0.5, 0.6) is 0 Å². The van der Waals surface area contributed by atoms with Gasteiger partial charge in [0.2, 0.25) is 5.91 Å². The third kappa shape index (κ3) is 4.68. The van der Waals surface area contributed by atoms with E-state index >= 15 is 0 Å². The number of aliphatic hydroxyl groups is 1. The molecule has 0 fully saturated rings. The van der Waals surface area contributed by atoms with Crippen molar-refractivity contribution >= 4 is 11.6 Å². The zero-order chi connectivity index (χ0) is 15.9. The van der Waals surface area contributed by atoms with Crippen LogP contribution >= 0.6 is 0 Å². The van der Waals surface area contributed by atoms with Gasteiger partial charge in [0.25, 0.3) is 0 Å². The summed E-state index contributed by atoms with van der Waals surface area (Å²) in [6.45, 7) is 1.72. The van der Waals surface area contributed by atoms with Crippen molar-refractivity contribution in [2.75, 3.05) is 11.9 Å². The maximum Gasteiger partial charge on any atom is 0.225 e. The van der Waals surface area contributed by atoms with Crippen LogP contribution in [-0.2, 0) is 4.79 Å². The Morgan fingerprint density at radius 2 is 2.05 bits per heavy atom. The fourth-order valence-electron chi connectivity index (χ4n) is 2.14. The molecule has 0 aliphatic heterocycles. The third-order valence-electron chi connectivity index (χ3n) is 3.17. The Hall–Kier alpha value is -2.18. The number of anilines is 1. The summed E-state index contributed by atoms with van der Waals surface area (Å²) in [7, 11) is 0. The average molecular weight is 306 g/mol. The van der Waals surface area contributed by atoms with Gasteiger partial charge in [-0.1, -0.05) is 0 Å². The fourth-order valence-corrected chi connectivity index (χ4v) is 2.14. The minimum absolute atomic E-state index is 0.128. The van der Waals surface area contributed by atoms with Crippen LogP contribution in [0.25, 0.3) is 0 Å². The van der Waals surface area contributed by atoms with Crippen molar-refractivity contribution in [1.82, 2.24) is 5.32 Å². The Labute approximate surface area is 128 Å². The third-order valence-corrected chi connectivity index (χ3v) is 3.17. The summed E-state index contributed by atoms with van der Waals surface area (Å²) in [6.07, 6.45) is 1.75. The number of hydrogen-bond acceptors (Lipinski definition) is 4. The molecular formula is C16H19FN2O3. The summed E-state index contributed by atoms with van der Waals surface area (Å²) in [6, 6.07) is 8.57. The van der Waals surface area contributed by atoms with E-state index in [9.17, 15) is 14.3 Å². The second kappa shape index (κ2) is 7.72. The lowest BCUT2D eigenvalue weighted by atomic mass is 10.1. The molecule has 0 bridgehead atoms. The average Bonchev–Trinajstić information content (AvgIpc) is 3.01. The highest BCUT2D eigenvalue weighted by atomic mass is 19.1. The molecule has 0 aliphatic rings. The maximum atomic E-state index is 12.8. The van der Waals surface area contributed by atoms with Gasteiger partial charge in [0, 0.05) is 18.2 Å². The van der Waals surface area contributed by atoms with Gasteiger partial charge >= 0.3 is 0 Å². The standard InChI is InChI=1S/C16H19FN2O3/c1-11(18-14(10-20)15-3-2-8-22-15)9-16(21)19-13-6-4-12(17)5-7-13/h2-8,11,14,18,20H,9-10H2,1H3,(H,19,21). The van der Waals surface area contributed by atoms with E-state index in [1.54, 1.807) is 12.1 Å². The Balaban J connectivity index is 1.84. The molecule has 1 heterocycles. The normalized spacial score (nSPS) is 13.6. The van der Waals surface area contributed by atoms with Gasteiger partial charge in [-0.2, -0.15) is 0 Å². The highest BCUT2D eigenvalue weighted by Gasteiger charge is 2.17. The number of rotatable bonds is 7. The van der Waals surface area contributed by atoms with Gasteiger partial charge in [0.15, 0.2) is 0 Å². The molecule has 0 aliphatic carbocycles. The first kappa shape index (κ1) is 16.2. The first-order valence-electron chi connectivity index (χ1n) is 7.04. The largest absolute Gasteiger partial charge is 0.468 e. The fraction of sp³-hybridized carbons (Fsp3) is 0.312. The van der Waals surface area contributed by atoms with Gasteiger partial charge in [-0.25, -0.2) is 4.39 Å². The number of furan rings is 1. The van der Waals surface area contributed by atoms with Crippen LogP contribution < -0.4 is 10.6 Å². The van der Waals surface area contributed by atoms with Gasteiger partial charge in [-0.05, 0) is 43.3 Å². The molecule has 3 N–H and O–H groups in total. The van der Waals surface area contributed by atoms with Crippen LogP contribution in [0.3, 0.4) is 0 Å². The van der Waals surface area contributed by atoms with Gasteiger partial charge < -0.3 is 20.2 Å². The van der Waals surface area contributed by atoms with Gasteiger partial charge in [0.05, 0.1) is 18.9 Å². The van der Waals surface area contributed by atoms with Gasteiger partial charge in [-0.3, -0.25) is 4.79 Å². The van der Waals surface area contributed by atoms with E-state index < -0.39 is 0 Å². The maximum absolute atomic E-state index is 12.8. The molecule has 1 aromatic heterocycles. The van der Waals surface area contributed by atoms with E-state index in [4.69, 9.17) is 4.42 Å². The monoisotopic (exact) mass is 306 g/mol. The molecular weight excluding hydrogens is 287 g/mol. The molecule has 1 amide bonds. The van der Waals surface area contributed by atoms with Crippen molar-refractivity contribution in [1.29, 1.82) is 0 Å². The van der Waals surface area contributed by atoms with Crippen LogP contribution in [0.2, 0.25) is 0 Å². The lowest BCUT2D eigenvalue weighted by Crippen LogP contribution is -2.35. The van der Waals surface area contributed by atoms with Gasteiger partial charge in [-0.15, -0.1) is 0 Å². The Bertz CT molecular complexity index is 584. The SMILES string of the molecule is CC(CC(=O)Nc1ccc(F)cc1)NC(CO)c1ccco1. The van der Waals surface area contributed by atoms with Crippen molar-refractivity contribution in [3.8, 4) is 0 Å². The number of aliphatic hydroxyl groups excluding tert-OH is 1.